The SMILES string of the molecule is CC(C)[C@H]1CC[C@H](C)C[C@H]1OC(=O)Nc1ccc(S(=O)(=O)N(C)C)cc1. The Morgan fingerprint density at radius 1 is 1.19 bits per heavy atom. The summed E-state index contributed by atoms with van der Waals surface area (Å²) in [5.74, 6) is 1.40. The van der Waals surface area contributed by atoms with Crippen LogP contribution in [0.2, 0.25) is 0 Å². The minimum Gasteiger partial charge on any atom is -0.446 e. The topological polar surface area (TPSA) is 75.7 Å². The number of carbonyl (C=O) groups excluding carboxylic acids is 1. The van der Waals surface area contributed by atoms with Crippen molar-refractivity contribution in [2.75, 3.05) is 19.4 Å². The summed E-state index contributed by atoms with van der Waals surface area (Å²) in [4.78, 5) is 12.5. The second-order valence-corrected chi connectivity index (χ2v) is 9.86. The molecule has 1 aliphatic carbocycles. The molecule has 0 spiro atoms. The van der Waals surface area contributed by atoms with Crippen molar-refractivity contribution in [3.63, 3.8) is 0 Å². The highest BCUT2D eigenvalue weighted by atomic mass is 32.2. The van der Waals surface area contributed by atoms with Crippen LogP contribution in [0.4, 0.5) is 10.5 Å². The monoisotopic (exact) mass is 382 g/mol. The van der Waals surface area contributed by atoms with Gasteiger partial charge in [-0.05, 0) is 54.9 Å². The fourth-order valence-corrected chi connectivity index (χ4v) is 4.36. The molecule has 1 fully saturated rings. The zero-order valence-electron chi connectivity index (χ0n) is 16.2. The Labute approximate surface area is 157 Å². The normalized spacial score (nSPS) is 23.9. The Kier molecular flexibility index (Phi) is 6.69. The molecular formula is C19H30N2O4S. The van der Waals surface area contributed by atoms with Crippen LogP contribution in [-0.4, -0.2) is 39.0 Å². The van der Waals surface area contributed by atoms with E-state index < -0.39 is 16.1 Å². The van der Waals surface area contributed by atoms with Gasteiger partial charge in [0.05, 0.1) is 4.90 Å². The van der Waals surface area contributed by atoms with E-state index in [1.165, 1.54) is 32.6 Å². The maximum Gasteiger partial charge on any atom is 0.411 e. The molecule has 0 bridgehead atoms. The van der Waals surface area contributed by atoms with E-state index in [0.717, 1.165) is 17.1 Å². The van der Waals surface area contributed by atoms with Crippen LogP contribution in [0.3, 0.4) is 0 Å². The maximum absolute atomic E-state index is 12.3. The molecule has 0 aromatic heterocycles. The van der Waals surface area contributed by atoms with Gasteiger partial charge < -0.3 is 4.74 Å². The first-order valence-electron chi connectivity index (χ1n) is 9.11. The van der Waals surface area contributed by atoms with Crippen molar-refractivity contribution in [1.82, 2.24) is 4.31 Å². The number of sulfonamides is 1. The van der Waals surface area contributed by atoms with Gasteiger partial charge in [-0.2, -0.15) is 0 Å². The molecule has 1 saturated carbocycles. The van der Waals surface area contributed by atoms with Crippen LogP contribution >= 0.6 is 0 Å². The number of ether oxygens (including phenoxy) is 1. The van der Waals surface area contributed by atoms with Crippen LogP contribution in [0.15, 0.2) is 29.2 Å². The molecule has 3 atom stereocenters. The molecule has 1 aromatic carbocycles. The lowest BCUT2D eigenvalue weighted by atomic mass is 9.75. The molecule has 7 heteroatoms. The largest absolute Gasteiger partial charge is 0.446 e. The van der Waals surface area contributed by atoms with Gasteiger partial charge in [-0.25, -0.2) is 17.5 Å². The molecular weight excluding hydrogens is 352 g/mol. The number of benzene rings is 1. The fraction of sp³-hybridized carbons (Fsp3) is 0.632. The summed E-state index contributed by atoms with van der Waals surface area (Å²) >= 11 is 0. The van der Waals surface area contributed by atoms with Gasteiger partial charge in [0.15, 0.2) is 0 Å². The summed E-state index contributed by atoms with van der Waals surface area (Å²) < 4.78 is 31.0. The Morgan fingerprint density at radius 2 is 1.81 bits per heavy atom. The molecule has 0 radical (unpaired) electrons. The summed E-state index contributed by atoms with van der Waals surface area (Å²) in [5.41, 5.74) is 0.512. The summed E-state index contributed by atoms with van der Waals surface area (Å²) in [6.07, 6.45) is 2.57. The quantitative estimate of drug-likeness (QED) is 0.837. The van der Waals surface area contributed by atoms with Crippen molar-refractivity contribution in [3.8, 4) is 0 Å². The molecule has 0 unspecified atom stereocenters. The number of anilines is 1. The van der Waals surface area contributed by atoms with E-state index in [9.17, 15) is 13.2 Å². The van der Waals surface area contributed by atoms with E-state index in [-0.39, 0.29) is 11.0 Å². The first-order valence-corrected chi connectivity index (χ1v) is 10.6. The van der Waals surface area contributed by atoms with Crippen LogP contribution in [0.1, 0.15) is 40.0 Å². The highest BCUT2D eigenvalue weighted by Crippen LogP contribution is 2.35. The molecule has 146 valence electrons. The lowest BCUT2D eigenvalue weighted by Gasteiger charge is -2.36. The van der Waals surface area contributed by atoms with Crippen molar-refractivity contribution < 1.29 is 17.9 Å². The molecule has 0 heterocycles. The van der Waals surface area contributed by atoms with Crippen molar-refractivity contribution in [2.24, 2.45) is 17.8 Å². The predicted octanol–water partition coefficient (Wildman–Crippen LogP) is 3.95. The molecule has 1 amide bonds. The Hall–Kier alpha value is -1.60. The molecule has 2 rings (SSSR count). The fourth-order valence-electron chi connectivity index (χ4n) is 3.46. The number of nitrogens with one attached hydrogen (secondary N) is 1. The number of rotatable bonds is 5. The van der Waals surface area contributed by atoms with Gasteiger partial charge in [-0.3, -0.25) is 5.32 Å². The Balaban J connectivity index is 2.01. The van der Waals surface area contributed by atoms with Gasteiger partial charge in [-0.1, -0.05) is 27.2 Å². The van der Waals surface area contributed by atoms with Crippen molar-refractivity contribution in [1.29, 1.82) is 0 Å². The number of hydrogen-bond donors (Lipinski definition) is 1. The van der Waals surface area contributed by atoms with Crippen LogP contribution in [0, 0.1) is 17.8 Å². The first-order chi connectivity index (χ1) is 12.1. The second-order valence-electron chi connectivity index (χ2n) is 7.71. The van der Waals surface area contributed by atoms with Gasteiger partial charge in [0.2, 0.25) is 10.0 Å². The molecule has 26 heavy (non-hydrogen) atoms. The third-order valence-corrected chi connectivity index (χ3v) is 6.93. The van der Waals surface area contributed by atoms with E-state index in [4.69, 9.17) is 4.74 Å². The summed E-state index contributed by atoms with van der Waals surface area (Å²) in [7, 11) is -0.516. The van der Waals surface area contributed by atoms with E-state index in [1.54, 1.807) is 12.1 Å². The van der Waals surface area contributed by atoms with E-state index in [0.29, 0.717) is 23.4 Å². The number of nitrogens with zero attached hydrogens (tertiary/aromatic N) is 1. The first kappa shape index (κ1) is 20.7. The minimum atomic E-state index is -3.48. The van der Waals surface area contributed by atoms with Crippen LogP contribution < -0.4 is 5.32 Å². The van der Waals surface area contributed by atoms with E-state index in [2.05, 4.69) is 26.1 Å². The summed E-state index contributed by atoms with van der Waals surface area (Å²) in [5, 5.41) is 2.70. The van der Waals surface area contributed by atoms with Crippen molar-refractivity contribution in [2.45, 2.75) is 51.0 Å². The molecule has 6 nitrogen and oxygen atoms in total. The number of hydrogen-bond acceptors (Lipinski definition) is 4. The summed E-state index contributed by atoms with van der Waals surface area (Å²) in [6, 6.07) is 6.09. The zero-order chi connectivity index (χ0) is 19.5. The average Bonchev–Trinajstić information content (AvgIpc) is 2.54. The lowest BCUT2D eigenvalue weighted by molar-refractivity contribution is 0.0126. The van der Waals surface area contributed by atoms with Gasteiger partial charge in [-0.15, -0.1) is 0 Å². The molecule has 1 N–H and O–H groups in total. The molecule has 0 saturated heterocycles. The molecule has 1 aliphatic rings. The smallest absolute Gasteiger partial charge is 0.411 e. The van der Waals surface area contributed by atoms with Crippen molar-refractivity contribution >= 4 is 21.8 Å². The highest BCUT2D eigenvalue weighted by Gasteiger charge is 2.33. The predicted molar refractivity (Wildman–Crippen MR) is 103 cm³/mol. The van der Waals surface area contributed by atoms with Crippen LogP contribution in [0.5, 0.6) is 0 Å². The third-order valence-electron chi connectivity index (χ3n) is 5.10. The number of carbonyl (C=O) groups is 1. The van der Waals surface area contributed by atoms with Gasteiger partial charge >= 0.3 is 6.09 Å². The average molecular weight is 383 g/mol. The van der Waals surface area contributed by atoms with E-state index in [1.807, 2.05) is 0 Å². The Bertz CT molecular complexity index is 714. The van der Waals surface area contributed by atoms with Gasteiger partial charge in [0.1, 0.15) is 6.10 Å². The highest BCUT2D eigenvalue weighted by molar-refractivity contribution is 7.89. The van der Waals surface area contributed by atoms with Crippen molar-refractivity contribution in [3.05, 3.63) is 24.3 Å². The van der Waals surface area contributed by atoms with Crippen LogP contribution in [0.25, 0.3) is 0 Å². The zero-order valence-corrected chi connectivity index (χ0v) is 17.0. The maximum atomic E-state index is 12.3. The number of amides is 1. The van der Waals surface area contributed by atoms with Gasteiger partial charge in [0, 0.05) is 19.8 Å². The Morgan fingerprint density at radius 3 is 2.35 bits per heavy atom. The second kappa shape index (κ2) is 8.39. The summed E-state index contributed by atoms with van der Waals surface area (Å²) in [6.45, 7) is 6.52. The van der Waals surface area contributed by atoms with Crippen LogP contribution in [-0.2, 0) is 14.8 Å². The lowest BCUT2D eigenvalue weighted by Crippen LogP contribution is -2.36. The van der Waals surface area contributed by atoms with E-state index >= 15 is 0 Å². The minimum absolute atomic E-state index is 0.0767. The third kappa shape index (κ3) is 4.98. The molecule has 0 aliphatic heterocycles. The molecule has 1 aromatic rings. The van der Waals surface area contributed by atoms with Gasteiger partial charge in [0.25, 0.3) is 0 Å². The standard InChI is InChI=1S/C19H30N2O4S/c1-13(2)17-11-6-14(3)12-18(17)25-19(22)20-15-7-9-16(10-8-15)26(23,24)21(4)5/h7-10,13-14,17-18H,6,11-12H2,1-5H3,(H,20,22)/t14-,17+,18+/m0/s1.